The van der Waals surface area contributed by atoms with E-state index >= 15 is 0 Å². The van der Waals surface area contributed by atoms with Gasteiger partial charge in [-0.2, -0.15) is 0 Å². The number of hydrogen-bond acceptors (Lipinski definition) is 2. The summed E-state index contributed by atoms with van der Waals surface area (Å²) in [5.41, 5.74) is 6.66. The lowest BCUT2D eigenvalue weighted by atomic mass is 10.1. The molecule has 0 amide bonds. The van der Waals surface area contributed by atoms with Crippen LogP contribution >= 0.6 is 0 Å². The number of nitrogen functional groups attached to an aromatic ring is 1. The number of nitrogens with zero attached hydrogens (tertiary/aromatic N) is 1. The third-order valence-electron chi connectivity index (χ3n) is 1.91. The van der Waals surface area contributed by atoms with Gasteiger partial charge in [-0.25, -0.2) is 9.37 Å². The van der Waals surface area contributed by atoms with Crippen molar-refractivity contribution < 1.29 is 4.39 Å². The predicted octanol–water partition coefficient (Wildman–Crippen LogP) is 2.27. The van der Waals surface area contributed by atoms with Gasteiger partial charge in [0.15, 0.2) is 0 Å². The van der Waals surface area contributed by atoms with Gasteiger partial charge >= 0.3 is 0 Å². The SMILES string of the molecule is Nc1ccc(-c2cc[c]cc2F)cn1. The molecule has 1 aromatic carbocycles. The zero-order valence-electron chi connectivity index (χ0n) is 7.37. The average molecular weight is 187 g/mol. The fourth-order valence-electron chi connectivity index (χ4n) is 1.21. The Balaban J connectivity index is 2.50. The van der Waals surface area contributed by atoms with Crippen LogP contribution in [-0.4, -0.2) is 4.98 Å². The van der Waals surface area contributed by atoms with Crippen LogP contribution in [0.15, 0.2) is 36.5 Å². The highest BCUT2D eigenvalue weighted by Gasteiger charge is 2.03. The molecule has 1 aromatic heterocycles. The maximum absolute atomic E-state index is 13.3. The van der Waals surface area contributed by atoms with Gasteiger partial charge in [0.1, 0.15) is 11.6 Å². The maximum Gasteiger partial charge on any atom is 0.131 e. The highest BCUT2D eigenvalue weighted by Crippen LogP contribution is 2.21. The van der Waals surface area contributed by atoms with Crippen LogP contribution in [0.25, 0.3) is 11.1 Å². The summed E-state index contributed by atoms with van der Waals surface area (Å²) >= 11 is 0. The minimum Gasteiger partial charge on any atom is -0.384 e. The lowest BCUT2D eigenvalue weighted by molar-refractivity contribution is 0.631. The number of benzene rings is 1. The van der Waals surface area contributed by atoms with Gasteiger partial charge in [0.05, 0.1) is 0 Å². The molecule has 2 aromatic rings. The first-order valence-corrected chi connectivity index (χ1v) is 4.15. The summed E-state index contributed by atoms with van der Waals surface area (Å²) in [7, 11) is 0. The van der Waals surface area contributed by atoms with Crippen LogP contribution in [-0.2, 0) is 0 Å². The van der Waals surface area contributed by atoms with Gasteiger partial charge in [0, 0.05) is 17.3 Å². The van der Waals surface area contributed by atoms with E-state index in [9.17, 15) is 4.39 Å². The highest BCUT2D eigenvalue weighted by molar-refractivity contribution is 5.63. The van der Waals surface area contributed by atoms with Crippen LogP contribution in [0.2, 0.25) is 0 Å². The van der Waals surface area contributed by atoms with Crippen LogP contribution in [0.5, 0.6) is 0 Å². The van der Waals surface area contributed by atoms with Gasteiger partial charge in [-0.05, 0) is 24.3 Å². The summed E-state index contributed by atoms with van der Waals surface area (Å²) in [5.74, 6) is 0.121. The zero-order valence-corrected chi connectivity index (χ0v) is 7.37. The van der Waals surface area contributed by atoms with Crippen molar-refractivity contribution in [1.82, 2.24) is 4.98 Å². The molecular formula is C11H8FN2. The number of pyridine rings is 1. The van der Waals surface area contributed by atoms with Crippen molar-refractivity contribution in [2.24, 2.45) is 0 Å². The van der Waals surface area contributed by atoms with Crippen LogP contribution < -0.4 is 5.73 Å². The van der Waals surface area contributed by atoms with Crippen LogP contribution in [0.1, 0.15) is 0 Å². The number of halogens is 1. The molecule has 0 spiro atoms. The molecule has 0 unspecified atom stereocenters. The molecule has 0 atom stereocenters. The predicted molar refractivity (Wildman–Crippen MR) is 52.9 cm³/mol. The van der Waals surface area contributed by atoms with E-state index in [0.29, 0.717) is 16.9 Å². The van der Waals surface area contributed by atoms with Crippen molar-refractivity contribution in [2.75, 3.05) is 5.73 Å². The Kier molecular flexibility index (Phi) is 2.14. The normalized spacial score (nSPS) is 10.1. The topological polar surface area (TPSA) is 38.9 Å². The largest absolute Gasteiger partial charge is 0.384 e. The Morgan fingerprint density at radius 2 is 2.14 bits per heavy atom. The van der Waals surface area contributed by atoms with Crippen LogP contribution in [0, 0.1) is 11.9 Å². The Morgan fingerprint density at radius 1 is 1.29 bits per heavy atom. The molecular weight excluding hydrogens is 179 g/mol. The summed E-state index contributed by atoms with van der Waals surface area (Å²) < 4.78 is 13.3. The second kappa shape index (κ2) is 3.46. The van der Waals surface area contributed by atoms with Gasteiger partial charge in [0.2, 0.25) is 0 Å². The first-order chi connectivity index (χ1) is 6.77. The molecule has 2 nitrogen and oxygen atoms in total. The van der Waals surface area contributed by atoms with E-state index in [2.05, 4.69) is 11.1 Å². The van der Waals surface area contributed by atoms with Gasteiger partial charge in [0.25, 0.3) is 0 Å². The van der Waals surface area contributed by atoms with Crippen molar-refractivity contribution in [3.63, 3.8) is 0 Å². The number of hydrogen-bond donors (Lipinski definition) is 1. The highest BCUT2D eigenvalue weighted by atomic mass is 19.1. The fraction of sp³-hybridized carbons (Fsp3) is 0. The average Bonchev–Trinajstić information content (AvgIpc) is 2.20. The van der Waals surface area contributed by atoms with Gasteiger partial charge in [-0.15, -0.1) is 0 Å². The molecule has 0 aliphatic carbocycles. The Bertz CT molecular complexity index is 437. The molecule has 3 heteroatoms. The second-order valence-electron chi connectivity index (χ2n) is 2.88. The van der Waals surface area contributed by atoms with Gasteiger partial charge in [-0.1, -0.05) is 12.1 Å². The number of aromatic nitrogens is 1. The molecule has 2 rings (SSSR count). The van der Waals surface area contributed by atoms with E-state index in [1.54, 1.807) is 30.5 Å². The Hall–Kier alpha value is -1.90. The van der Waals surface area contributed by atoms with E-state index < -0.39 is 0 Å². The molecule has 0 saturated carbocycles. The first kappa shape index (κ1) is 8.69. The Labute approximate surface area is 81.2 Å². The fourth-order valence-corrected chi connectivity index (χ4v) is 1.21. The quantitative estimate of drug-likeness (QED) is 0.743. The summed E-state index contributed by atoms with van der Waals surface area (Å²) in [4.78, 5) is 3.90. The van der Waals surface area contributed by atoms with Crippen molar-refractivity contribution in [2.45, 2.75) is 0 Å². The third kappa shape index (κ3) is 1.57. The zero-order chi connectivity index (χ0) is 9.97. The molecule has 0 bridgehead atoms. The van der Waals surface area contributed by atoms with E-state index in [1.807, 2.05) is 0 Å². The molecule has 1 radical (unpaired) electrons. The maximum atomic E-state index is 13.3. The molecule has 0 aliphatic heterocycles. The summed E-state index contributed by atoms with van der Waals surface area (Å²) in [5, 5.41) is 0. The molecule has 0 aliphatic rings. The molecule has 2 N–H and O–H groups in total. The van der Waals surface area contributed by atoms with Crippen LogP contribution in [0.4, 0.5) is 10.2 Å². The molecule has 1 heterocycles. The van der Waals surface area contributed by atoms with E-state index in [0.717, 1.165) is 0 Å². The van der Waals surface area contributed by atoms with E-state index in [-0.39, 0.29) is 5.82 Å². The number of rotatable bonds is 1. The summed E-state index contributed by atoms with van der Waals surface area (Å²) in [6.45, 7) is 0. The second-order valence-corrected chi connectivity index (χ2v) is 2.88. The van der Waals surface area contributed by atoms with E-state index in [4.69, 9.17) is 5.73 Å². The van der Waals surface area contributed by atoms with Crippen molar-refractivity contribution in [3.05, 3.63) is 48.4 Å². The van der Waals surface area contributed by atoms with E-state index in [1.165, 1.54) is 6.07 Å². The lowest BCUT2D eigenvalue weighted by Crippen LogP contribution is -1.90. The monoisotopic (exact) mass is 187 g/mol. The lowest BCUT2D eigenvalue weighted by Gasteiger charge is -2.02. The van der Waals surface area contributed by atoms with Crippen molar-refractivity contribution in [1.29, 1.82) is 0 Å². The molecule has 69 valence electrons. The third-order valence-corrected chi connectivity index (χ3v) is 1.91. The Morgan fingerprint density at radius 3 is 2.79 bits per heavy atom. The minimum atomic E-state index is -0.306. The molecule has 14 heavy (non-hydrogen) atoms. The van der Waals surface area contributed by atoms with Crippen LogP contribution in [0.3, 0.4) is 0 Å². The van der Waals surface area contributed by atoms with Crippen molar-refractivity contribution in [3.8, 4) is 11.1 Å². The molecule has 0 saturated heterocycles. The summed E-state index contributed by atoms with van der Waals surface area (Å²) in [6, 6.07) is 10.7. The standard InChI is InChI=1S/C11H8FN2/c12-10-4-2-1-3-9(10)8-5-6-11(13)14-7-8/h1,3-7H,(H2,13,14). The first-order valence-electron chi connectivity index (χ1n) is 4.15. The summed E-state index contributed by atoms with van der Waals surface area (Å²) in [6.07, 6.45) is 1.55. The number of anilines is 1. The van der Waals surface area contributed by atoms with Crippen molar-refractivity contribution >= 4 is 5.82 Å². The number of nitrogens with two attached hydrogens (primary N) is 1. The van der Waals surface area contributed by atoms with Gasteiger partial charge in [-0.3, -0.25) is 0 Å². The minimum absolute atomic E-state index is 0.306. The smallest absolute Gasteiger partial charge is 0.131 e. The van der Waals surface area contributed by atoms with Gasteiger partial charge < -0.3 is 5.73 Å². The molecule has 0 fully saturated rings.